The summed E-state index contributed by atoms with van der Waals surface area (Å²) in [6, 6.07) is 4.32. The number of tetrazole rings is 1. The van der Waals surface area contributed by atoms with Crippen molar-refractivity contribution in [1.82, 2.24) is 25.5 Å². The highest BCUT2D eigenvalue weighted by Gasteiger charge is 2.09. The maximum atomic E-state index is 13.1. The van der Waals surface area contributed by atoms with Crippen molar-refractivity contribution in [2.45, 2.75) is 6.54 Å². The highest BCUT2D eigenvalue weighted by Crippen LogP contribution is 2.18. The van der Waals surface area contributed by atoms with Crippen molar-refractivity contribution < 1.29 is 9.13 Å². The topological polar surface area (TPSA) is 64.9 Å². The summed E-state index contributed by atoms with van der Waals surface area (Å²) in [7, 11) is 1.63. The van der Waals surface area contributed by atoms with Crippen molar-refractivity contribution in [1.29, 1.82) is 0 Å². The van der Waals surface area contributed by atoms with Crippen molar-refractivity contribution in [2.24, 2.45) is 0 Å². The first-order valence-electron chi connectivity index (χ1n) is 5.64. The largest absolute Gasteiger partial charge is 0.383 e. The van der Waals surface area contributed by atoms with E-state index in [9.17, 15) is 4.39 Å². The quantitative estimate of drug-likeness (QED) is 0.808. The third-order valence-electron chi connectivity index (χ3n) is 2.45. The van der Waals surface area contributed by atoms with E-state index in [0.29, 0.717) is 31.2 Å². The summed E-state index contributed by atoms with van der Waals surface area (Å²) in [6.45, 7) is 1.77. The van der Waals surface area contributed by atoms with Crippen molar-refractivity contribution in [3.05, 3.63) is 34.9 Å². The molecule has 0 fully saturated rings. The van der Waals surface area contributed by atoms with Crippen LogP contribution in [0.15, 0.2) is 18.2 Å². The Morgan fingerprint density at radius 3 is 3.05 bits per heavy atom. The highest BCUT2D eigenvalue weighted by molar-refractivity contribution is 6.30. The normalized spacial score (nSPS) is 10.9. The summed E-state index contributed by atoms with van der Waals surface area (Å²) < 4.78 is 19.5. The van der Waals surface area contributed by atoms with Crippen LogP contribution in [0.3, 0.4) is 0 Å². The van der Waals surface area contributed by atoms with Gasteiger partial charge in [0.1, 0.15) is 5.82 Å². The molecule has 0 atom stereocenters. The zero-order valence-electron chi connectivity index (χ0n) is 10.3. The van der Waals surface area contributed by atoms with Crippen LogP contribution >= 0.6 is 11.6 Å². The lowest BCUT2D eigenvalue weighted by Crippen LogP contribution is -2.21. The predicted octanol–water partition coefficient (Wildman–Crippen LogP) is 1.19. The Kier molecular flexibility index (Phi) is 4.78. The molecule has 0 unspecified atom stereocenters. The van der Waals surface area contributed by atoms with Crippen LogP contribution in [0.25, 0.3) is 5.69 Å². The number of nitrogens with one attached hydrogen (secondary N) is 1. The first kappa shape index (κ1) is 13.9. The Morgan fingerprint density at radius 1 is 1.47 bits per heavy atom. The van der Waals surface area contributed by atoms with Gasteiger partial charge in [-0.2, -0.15) is 4.68 Å². The molecule has 0 spiro atoms. The molecule has 0 saturated carbocycles. The predicted molar refractivity (Wildman–Crippen MR) is 67.7 cm³/mol. The molecule has 2 rings (SSSR count). The first-order valence-corrected chi connectivity index (χ1v) is 6.02. The second-order valence-electron chi connectivity index (χ2n) is 3.77. The Morgan fingerprint density at radius 2 is 2.32 bits per heavy atom. The molecular formula is C11H13ClFN5O. The van der Waals surface area contributed by atoms with E-state index in [2.05, 4.69) is 20.8 Å². The number of aromatic nitrogens is 4. The zero-order valence-corrected chi connectivity index (χ0v) is 11.1. The van der Waals surface area contributed by atoms with Gasteiger partial charge in [-0.15, -0.1) is 5.10 Å². The standard InChI is InChI=1S/C11H13ClFN5O/c1-19-5-4-14-7-11-15-16-17-18(11)8-2-3-10(13)9(12)6-8/h2-3,6,14H,4-5,7H2,1H3. The number of methoxy groups -OCH3 is 1. The van der Waals surface area contributed by atoms with E-state index >= 15 is 0 Å². The Bertz CT molecular complexity index is 548. The Labute approximate surface area is 114 Å². The van der Waals surface area contributed by atoms with E-state index < -0.39 is 5.82 Å². The number of ether oxygens (including phenoxy) is 1. The van der Waals surface area contributed by atoms with Crippen molar-refractivity contribution in [3.8, 4) is 5.69 Å². The molecule has 6 nitrogen and oxygen atoms in total. The van der Waals surface area contributed by atoms with E-state index in [1.165, 1.54) is 16.8 Å². The summed E-state index contributed by atoms with van der Waals surface area (Å²) in [5.74, 6) is 0.136. The fourth-order valence-electron chi connectivity index (χ4n) is 1.51. The number of hydrogen-bond donors (Lipinski definition) is 1. The van der Waals surface area contributed by atoms with Crippen LogP contribution in [0, 0.1) is 5.82 Å². The molecule has 0 aliphatic heterocycles. The highest BCUT2D eigenvalue weighted by atomic mass is 35.5. The molecule has 1 heterocycles. The maximum absolute atomic E-state index is 13.1. The van der Waals surface area contributed by atoms with Crippen molar-refractivity contribution in [2.75, 3.05) is 20.3 Å². The van der Waals surface area contributed by atoms with Crippen LogP contribution in [-0.4, -0.2) is 40.5 Å². The third-order valence-corrected chi connectivity index (χ3v) is 2.74. The lowest BCUT2D eigenvalue weighted by atomic mass is 10.3. The van der Waals surface area contributed by atoms with Crippen LogP contribution in [0.1, 0.15) is 5.82 Å². The van der Waals surface area contributed by atoms with Gasteiger partial charge in [0.15, 0.2) is 5.82 Å². The Hall–Kier alpha value is -1.57. The van der Waals surface area contributed by atoms with Crippen LogP contribution in [0.5, 0.6) is 0 Å². The SMILES string of the molecule is COCCNCc1nnnn1-c1ccc(F)c(Cl)c1. The number of benzene rings is 1. The first-order chi connectivity index (χ1) is 9.22. The van der Waals surface area contributed by atoms with Gasteiger partial charge in [-0.3, -0.25) is 0 Å². The number of halogens is 2. The third kappa shape index (κ3) is 3.46. The summed E-state index contributed by atoms with van der Waals surface area (Å²) in [5.41, 5.74) is 0.611. The van der Waals surface area contributed by atoms with Crippen LogP contribution in [0.4, 0.5) is 4.39 Å². The minimum atomic E-state index is -0.474. The zero-order chi connectivity index (χ0) is 13.7. The summed E-state index contributed by atoms with van der Waals surface area (Å²) in [6.07, 6.45) is 0. The van der Waals surface area contributed by atoms with Gasteiger partial charge in [-0.05, 0) is 28.6 Å². The summed E-state index contributed by atoms with van der Waals surface area (Å²) in [5, 5.41) is 14.5. The maximum Gasteiger partial charge on any atom is 0.170 e. The molecule has 2 aromatic rings. The van der Waals surface area contributed by atoms with E-state index in [-0.39, 0.29) is 5.02 Å². The minimum absolute atomic E-state index is 0.0336. The molecule has 1 N–H and O–H groups in total. The number of hydrogen-bond acceptors (Lipinski definition) is 5. The molecule has 0 saturated heterocycles. The van der Waals surface area contributed by atoms with Gasteiger partial charge in [0.2, 0.25) is 0 Å². The summed E-state index contributed by atoms with van der Waals surface area (Å²) in [4.78, 5) is 0. The van der Waals surface area contributed by atoms with Crippen molar-refractivity contribution in [3.63, 3.8) is 0 Å². The van der Waals surface area contributed by atoms with E-state index in [1.807, 2.05) is 0 Å². The van der Waals surface area contributed by atoms with Crippen LogP contribution in [-0.2, 0) is 11.3 Å². The average molecular weight is 286 g/mol. The average Bonchev–Trinajstić information content (AvgIpc) is 2.86. The van der Waals surface area contributed by atoms with E-state index in [1.54, 1.807) is 13.2 Å². The fraction of sp³-hybridized carbons (Fsp3) is 0.364. The molecule has 0 radical (unpaired) electrons. The lowest BCUT2D eigenvalue weighted by Gasteiger charge is -2.06. The molecule has 0 aliphatic rings. The van der Waals surface area contributed by atoms with Gasteiger partial charge < -0.3 is 10.1 Å². The van der Waals surface area contributed by atoms with Crippen LogP contribution in [0.2, 0.25) is 5.02 Å². The molecule has 0 amide bonds. The van der Waals surface area contributed by atoms with Crippen LogP contribution < -0.4 is 5.32 Å². The number of rotatable bonds is 6. The van der Waals surface area contributed by atoms with Gasteiger partial charge in [-0.25, -0.2) is 4.39 Å². The van der Waals surface area contributed by atoms with Gasteiger partial charge in [0.05, 0.1) is 23.9 Å². The molecular weight excluding hydrogens is 273 g/mol. The smallest absolute Gasteiger partial charge is 0.170 e. The second kappa shape index (κ2) is 6.55. The molecule has 1 aromatic heterocycles. The monoisotopic (exact) mass is 285 g/mol. The molecule has 8 heteroatoms. The second-order valence-corrected chi connectivity index (χ2v) is 4.18. The lowest BCUT2D eigenvalue weighted by molar-refractivity contribution is 0.199. The van der Waals surface area contributed by atoms with E-state index in [4.69, 9.17) is 16.3 Å². The molecule has 0 bridgehead atoms. The van der Waals surface area contributed by atoms with Gasteiger partial charge in [0.25, 0.3) is 0 Å². The van der Waals surface area contributed by atoms with Crippen molar-refractivity contribution >= 4 is 11.6 Å². The Balaban J connectivity index is 2.12. The van der Waals surface area contributed by atoms with E-state index in [0.717, 1.165) is 0 Å². The van der Waals surface area contributed by atoms with Gasteiger partial charge >= 0.3 is 0 Å². The molecule has 102 valence electrons. The fourth-order valence-corrected chi connectivity index (χ4v) is 1.68. The summed E-state index contributed by atoms with van der Waals surface area (Å²) >= 11 is 5.74. The van der Waals surface area contributed by atoms with Gasteiger partial charge in [0, 0.05) is 13.7 Å². The molecule has 0 aliphatic carbocycles. The molecule has 19 heavy (non-hydrogen) atoms. The minimum Gasteiger partial charge on any atom is -0.383 e. The van der Waals surface area contributed by atoms with Gasteiger partial charge in [-0.1, -0.05) is 11.6 Å². The number of nitrogens with zero attached hydrogens (tertiary/aromatic N) is 4. The molecule has 1 aromatic carbocycles.